The fraction of sp³-hybridized carbons (Fsp3) is 0.556. The molecule has 1 heterocycles. The average Bonchev–Trinajstić information content (AvgIpc) is 2.10. The molecule has 1 nitrogen and oxygen atoms in total. The van der Waals surface area contributed by atoms with Gasteiger partial charge in [0.2, 0.25) is 0 Å². The van der Waals surface area contributed by atoms with Gasteiger partial charge in [-0.2, -0.15) is 0 Å². The lowest BCUT2D eigenvalue weighted by Crippen LogP contribution is -2.20. The molecule has 1 rings (SSSR count). The van der Waals surface area contributed by atoms with E-state index in [1.165, 1.54) is 10.4 Å². The summed E-state index contributed by atoms with van der Waals surface area (Å²) in [5, 5.41) is 11.6. The first-order chi connectivity index (χ1) is 4.97. The first-order valence-corrected chi connectivity index (χ1v) is 4.62. The second-order valence-electron chi connectivity index (χ2n) is 3.58. The molecule has 62 valence electrons. The lowest BCUT2D eigenvalue weighted by molar-refractivity contribution is 0.0818. The van der Waals surface area contributed by atoms with E-state index in [1.807, 2.05) is 13.8 Å². The minimum absolute atomic E-state index is 0.572. The molecule has 0 unspecified atom stereocenters. The second-order valence-corrected chi connectivity index (χ2v) is 4.58. The Balaban J connectivity index is 2.65. The molecule has 0 saturated carbocycles. The van der Waals surface area contributed by atoms with Gasteiger partial charge in [0.25, 0.3) is 0 Å². The van der Waals surface area contributed by atoms with Crippen molar-refractivity contribution in [2.45, 2.75) is 32.8 Å². The first-order valence-electron chi connectivity index (χ1n) is 3.74. The third-order valence-electron chi connectivity index (χ3n) is 1.39. The van der Waals surface area contributed by atoms with Crippen LogP contribution in [0.15, 0.2) is 11.4 Å². The fourth-order valence-corrected chi connectivity index (χ4v) is 2.11. The van der Waals surface area contributed by atoms with E-state index in [9.17, 15) is 5.11 Å². The molecule has 0 aliphatic carbocycles. The molecular weight excluding hydrogens is 156 g/mol. The average molecular weight is 170 g/mol. The van der Waals surface area contributed by atoms with Crippen molar-refractivity contribution in [1.29, 1.82) is 0 Å². The zero-order valence-corrected chi connectivity index (χ0v) is 8.03. The summed E-state index contributed by atoms with van der Waals surface area (Å²) in [4.78, 5) is 1.26. The highest BCUT2D eigenvalue weighted by Gasteiger charge is 2.13. The third-order valence-corrected chi connectivity index (χ3v) is 2.45. The molecule has 0 fully saturated rings. The molecule has 11 heavy (non-hydrogen) atoms. The largest absolute Gasteiger partial charge is 0.390 e. The van der Waals surface area contributed by atoms with E-state index in [0.717, 1.165) is 6.42 Å². The molecule has 0 saturated heterocycles. The van der Waals surface area contributed by atoms with E-state index in [4.69, 9.17) is 0 Å². The van der Waals surface area contributed by atoms with E-state index in [0.29, 0.717) is 0 Å². The summed E-state index contributed by atoms with van der Waals surface area (Å²) in [6.07, 6.45) is 0.755. The van der Waals surface area contributed by atoms with Gasteiger partial charge in [-0.1, -0.05) is 0 Å². The quantitative estimate of drug-likeness (QED) is 0.722. The standard InChI is InChI=1S/C9H14OS/c1-7-4-8(11-6-7)5-9(2,3)10/h4,6,10H,5H2,1-3H3. The molecular formula is C9H14OS. The molecule has 0 aliphatic rings. The Morgan fingerprint density at radius 2 is 2.18 bits per heavy atom. The van der Waals surface area contributed by atoms with Gasteiger partial charge in [0.1, 0.15) is 0 Å². The Kier molecular flexibility index (Phi) is 2.35. The zero-order valence-electron chi connectivity index (χ0n) is 7.22. The Bertz CT molecular complexity index is 232. The van der Waals surface area contributed by atoms with Crippen molar-refractivity contribution in [3.05, 3.63) is 21.9 Å². The van der Waals surface area contributed by atoms with Gasteiger partial charge in [0.15, 0.2) is 0 Å². The van der Waals surface area contributed by atoms with Crippen molar-refractivity contribution in [2.24, 2.45) is 0 Å². The van der Waals surface area contributed by atoms with Gasteiger partial charge in [-0.15, -0.1) is 11.3 Å². The van der Waals surface area contributed by atoms with E-state index < -0.39 is 5.60 Å². The monoisotopic (exact) mass is 170 g/mol. The van der Waals surface area contributed by atoms with Crippen molar-refractivity contribution in [3.63, 3.8) is 0 Å². The Morgan fingerprint density at radius 1 is 1.55 bits per heavy atom. The van der Waals surface area contributed by atoms with Gasteiger partial charge in [-0.05, 0) is 37.8 Å². The van der Waals surface area contributed by atoms with Crippen molar-refractivity contribution in [3.8, 4) is 0 Å². The molecule has 0 atom stereocenters. The van der Waals surface area contributed by atoms with Crippen LogP contribution in [0.4, 0.5) is 0 Å². The van der Waals surface area contributed by atoms with Crippen LogP contribution in [0.3, 0.4) is 0 Å². The van der Waals surface area contributed by atoms with Crippen LogP contribution in [0, 0.1) is 6.92 Å². The lowest BCUT2D eigenvalue weighted by Gasteiger charge is -2.14. The molecule has 0 radical (unpaired) electrons. The minimum Gasteiger partial charge on any atom is -0.390 e. The molecule has 0 spiro atoms. The van der Waals surface area contributed by atoms with Crippen molar-refractivity contribution in [1.82, 2.24) is 0 Å². The SMILES string of the molecule is Cc1csc(CC(C)(C)O)c1. The van der Waals surface area contributed by atoms with E-state index in [1.54, 1.807) is 11.3 Å². The van der Waals surface area contributed by atoms with Crippen LogP contribution >= 0.6 is 11.3 Å². The van der Waals surface area contributed by atoms with Crippen molar-refractivity contribution in [2.75, 3.05) is 0 Å². The van der Waals surface area contributed by atoms with Crippen LogP contribution in [-0.4, -0.2) is 10.7 Å². The molecule has 1 aromatic heterocycles. The van der Waals surface area contributed by atoms with Gasteiger partial charge < -0.3 is 5.11 Å². The molecule has 1 aromatic rings. The maximum Gasteiger partial charge on any atom is 0.0639 e. The van der Waals surface area contributed by atoms with Gasteiger partial charge in [0.05, 0.1) is 5.60 Å². The fourth-order valence-electron chi connectivity index (χ4n) is 1.01. The summed E-state index contributed by atoms with van der Waals surface area (Å²) in [6, 6.07) is 2.13. The van der Waals surface area contributed by atoms with E-state index in [2.05, 4.69) is 18.4 Å². The van der Waals surface area contributed by atoms with Gasteiger partial charge in [-0.3, -0.25) is 0 Å². The number of aryl methyl sites for hydroxylation is 1. The number of aliphatic hydroxyl groups is 1. The summed E-state index contributed by atoms with van der Waals surface area (Å²) in [6.45, 7) is 5.74. The summed E-state index contributed by atoms with van der Waals surface area (Å²) in [7, 11) is 0. The molecule has 0 aliphatic heterocycles. The number of hydrogen-bond donors (Lipinski definition) is 1. The Hall–Kier alpha value is -0.340. The van der Waals surface area contributed by atoms with Crippen LogP contribution < -0.4 is 0 Å². The van der Waals surface area contributed by atoms with Gasteiger partial charge in [0, 0.05) is 11.3 Å². The highest BCUT2D eigenvalue weighted by atomic mass is 32.1. The second kappa shape index (κ2) is 2.95. The van der Waals surface area contributed by atoms with Crippen LogP contribution in [-0.2, 0) is 6.42 Å². The number of hydrogen-bond acceptors (Lipinski definition) is 2. The smallest absolute Gasteiger partial charge is 0.0639 e. The van der Waals surface area contributed by atoms with Crippen LogP contribution in [0.2, 0.25) is 0 Å². The summed E-state index contributed by atoms with van der Waals surface area (Å²) in [5.74, 6) is 0. The maximum atomic E-state index is 9.49. The predicted molar refractivity (Wildman–Crippen MR) is 49.1 cm³/mol. The van der Waals surface area contributed by atoms with Gasteiger partial charge >= 0.3 is 0 Å². The molecule has 2 heteroatoms. The van der Waals surface area contributed by atoms with Gasteiger partial charge in [-0.25, -0.2) is 0 Å². The normalized spacial score (nSPS) is 12.0. The third kappa shape index (κ3) is 3.04. The van der Waals surface area contributed by atoms with E-state index >= 15 is 0 Å². The highest BCUT2D eigenvalue weighted by molar-refractivity contribution is 7.10. The predicted octanol–water partition coefficient (Wildman–Crippen LogP) is 2.37. The first kappa shape index (κ1) is 8.75. The van der Waals surface area contributed by atoms with Crippen LogP contribution in [0.1, 0.15) is 24.3 Å². The van der Waals surface area contributed by atoms with Crippen LogP contribution in [0.25, 0.3) is 0 Å². The van der Waals surface area contributed by atoms with Crippen LogP contribution in [0.5, 0.6) is 0 Å². The number of thiophene rings is 1. The van der Waals surface area contributed by atoms with Crippen molar-refractivity contribution >= 4 is 11.3 Å². The minimum atomic E-state index is -0.572. The maximum absolute atomic E-state index is 9.49. The number of rotatable bonds is 2. The highest BCUT2D eigenvalue weighted by Crippen LogP contribution is 2.19. The zero-order chi connectivity index (χ0) is 8.48. The lowest BCUT2D eigenvalue weighted by atomic mass is 10.0. The molecule has 1 N–H and O–H groups in total. The Morgan fingerprint density at radius 3 is 2.55 bits per heavy atom. The molecule has 0 amide bonds. The topological polar surface area (TPSA) is 20.2 Å². The Labute approximate surface area is 71.7 Å². The summed E-state index contributed by atoms with van der Waals surface area (Å²) < 4.78 is 0. The molecule has 0 aromatic carbocycles. The van der Waals surface area contributed by atoms with Crippen molar-refractivity contribution < 1.29 is 5.11 Å². The summed E-state index contributed by atoms with van der Waals surface area (Å²) in [5.41, 5.74) is 0.714. The summed E-state index contributed by atoms with van der Waals surface area (Å²) >= 11 is 1.72. The molecule has 0 bridgehead atoms. The van der Waals surface area contributed by atoms with E-state index in [-0.39, 0.29) is 0 Å².